The van der Waals surface area contributed by atoms with Crippen LogP contribution in [0.5, 0.6) is 5.75 Å². The highest BCUT2D eigenvalue weighted by molar-refractivity contribution is 6.25. The maximum Gasteiger partial charge on any atom is 0.291 e. The lowest BCUT2D eigenvalue weighted by atomic mass is 10.1. The van der Waals surface area contributed by atoms with E-state index in [4.69, 9.17) is 16.3 Å². The van der Waals surface area contributed by atoms with E-state index in [9.17, 15) is 9.59 Å². The van der Waals surface area contributed by atoms with Crippen LogP contribution in [-0.4, -0.2) is 51.6 Å². The van der Waals surface area contributed by atoms with Gasteiger partial charge in [0, 0.05) is 19.0 Å². The van der Waals surface area contributed by atoms with Crippen LogP contribution >= 0.6 is 11.6 Å². The third-order valence-corrected chi connectivity index (χ3v) is 5.21. The molecule has 3 aromatic rings. The molecule has 1 atom stereocenters. The first-order chi connectivity index (χ1) is 16.2. The first kappa shape index (κ1) is 23.3. The number of anilines is 1. The quantitative estimate of drug-likeness (QED) is 0.444. The smallest absolute Gasteiger partial charge is 0.291 e. The van der Waals surface area contributed by atoms with Crippen molar-refractivity contribution in [3.63, 3.8) is 0 Å². The number of likely N-dealkylation sites (N-methyl/N-ethyl adjacent to an activating group) is 1. The largest absolute Gasteiger partial charge is 0.489 e. The fourth-order valence-corrected chi connectivity index (χ4v) is 3.44. The zero-order chi connectivity index (χ0) is 24.3. The Morgan fingerprint density at radius 2 is 2.06 bits per heavy atom. The van der Waals surface area contributed by atoms with Crippen LogP contribution in [0.25, 0.3) is 0 Å². The summed E-state index contributed by atoms with van der Waals surface area (Å²) in [7, 11) is 1.63. The Hall–Kier alpha value is -3.83. The number of hydrogen-bond acceptors (Lipinski definition) is 5. The molecule has 1 aromatic heterocycles. The van der Waals surface area contributed by atoms with Crippen LogP contribution in [0, 0.1) is 11.8 Å². The fourth-order valence-electron chi connectivity index (χ4n) is 3.39. The summed E-state index contributed by atoms with van der Waals surface area (Å²) in [6, 6.07) is 14.1. The molecule has 4 rings (SSSR count). The van der Waals surface area contributed by atoms with Gasteiger partial charge in [0.2, 0.25) is 5.82 Å². The molecule has 0 unspecified atom stereocenters. The first-order valence-electron chi connectivity index (χ1n) is 10.7. The Labute approximate surface area is 202 Å². The van der Waals surface area contributed by atoms with Gasteiger partial charge in [-0.2, -0.15) is 0 Å². The van der Waals surface area contributed by atoms with Crippen molar-refractivity contribution in [2.24, 2.45) is 0 Å². The molecule has 2 aromatic carbocycles. The van der Waals surface area contributed by atoms with Crippen LogP contribution in [-0.2, 0) is 11.2 Å². The number of H-pyrrole nitrogens is 1. The lowest BCUT2D eigenvalue weighted by Gasteiger charge is -2.20. The summed E-state index contributed by atoms with van der Waals surface area (Å²) >= 11 is 6.15. The average molecular weight is 478 g/mol. The van der Waals surface area contributed by atoms with Crippen LogP contribution < -0.4 is 15.0 Å². The molecule has 2 N–H and O–H groups in total. The van der Waals surface area contributed by atoms with Crippen molar-refractivity contribution < 1.29 is 14.3 Å². The van der Waals surface area contributed by atoms with E-state index in [1.54, 1.807) is 39.1 Å². The number of rotatable bonds is 4. The van der Waals surface area contributed by atoms with Gasteiger partial charge in [0.15, 0.2) is 0 Å². The van der Waals surface area contributed by atoms with E-state index in [-0.39, 0.29) is 18.3 Å². The maximum atomic E-state index is 13.1. The molecule has 0 saturated carbocycles. The molecule has 0 radical (unpaired) electrons. The first-order valence-corrected chi connectivity index (χ1v) is 11.1. The molecular formula is C25H24ClN5O3. The number of halogens is 1. The van der Waals surface area contributed by atoms with E-state index in [1.165, 1.54) is 4.90 Å². The SMILES string of the molecule is CN1C(=O)[C@@H](NC(=O)c2n[nH]c(Cc3ccccc3)n2)COc2ccc(C#CC(C)(C)Cl)cc21. The van der Waals surface area contributed by atoms with Crippen molar-refractivity contribution in [2.45, 2.75) is 31.2 Å². The molecule has 2 heterocycles. The standard InChI is InChI=1S/C25H24ClN5O3/c1-25(2,26)12-11-17-9-10-20-19(13-17)31(3)24(33)18(15-34-20)27-23(32)22-28-21(29-30-22)14-16-7-5-4-6-8-16/h4-10,13,18H,14-15H2,1-3H3,(H,27,32)(H,28,29,30)/t18-/m0/s1. The van der Waals surface area contributed by atoms with Crippen LogP contribution in [0.1, 0.15) is 41.4 Å². The molecule has 9 heteroatoms. The number of alkyl halides is 1. The molecule has 1 aliphatic rings. The van der Waals surface area contributed by atoms with Crippen molar-refractivity contribution in [2.75, 3.05) is 18.6 Å². The summed E-state index contributed by atoms with van der Waals surface area (Å²) in [6.07, 6.45) is 0.511. The molecule has 34 heavy (non-hydrogen) atoms. The number of aromatic nitrogens is 3. The van der Waals surface area contributed by atoms with Gasteiger partial charge in [0.05, 0.1) is 10.6 Å². The summed E-state index contributed by atoms with van der Waals surface area (Å²) in [5, 5.41) is 9.45. The topological polar surface area (TPSA) is 100 Å². The highest BCUT2D eigenvalue weighted by Gasteiger charge is 2.31. The third kappa shape index (κ3) is 5.56. The number of fused-ring (bicyclic) bond motifs is 1. The third-order valence-electron chi connectivity index (χ3n) is 5.11. The minimum absolute atomic E-state index is 0.0249. The highest BCUT2D eigenvalue weighted by Crippen LogP contribution is 2.31. The predicted octanol–water partition coefficient (Wildman–Crippen LogP) is 2.92. The zero-order valence-electron chi connectivity index (χ0n) is 19.1. The minimum atomic E-state index is -0.905. The lowest BCUT2D eigenvalue weighted by molar-refractivity contribution is -0.120. The fraction of sp³-hybridized carbons (Fsp3) is 0.280. The summed E-state index contributed by atoms with van der Waals surface area (Å²) < 4.78 is 5.82. The van der Waals surface area contributed by atoms with Crippen molar-refractivity contribution in [1.29, 1.82) is 0 Å². The lowest BCUT2D eigenvalue weighted by Crippen LogP contribution is -2.49. The van der Waals surface area contributed by atoms with Gasteiger partial charge in [-0.25, -0.2) is 4.98 Å². The summed E-state index contributed by atoms with van der Waals surface area (Å²) in [4.78, 5) is 30.9. The highest BCUT2D eigenvalue weighted by atomic mass is 35.5. The Bertz CT molecular complexity index is 1270. The van der Waals surface area contributed by atoms with Crippen molar-refractivity contribution in [3.05, 3.63) is 71.3 Å². The number of carbonyl (C=O) groups excluding carboxylic acids is 2. The molecule has 2 amide bonds. The second kappa shape index (κ2) is 9.57. The summed E-state index contributed by atoms with van der Waals surface area (Å²) in [5.41, 5.74) is 2.30. The number of nitrogens with zero attached hydrogens (tertiary/aromatic N) is 3. The molecular weight excluding hydrogens is 454 g/mol. The number of carbonyl (C=O) groups is 2. The van der Waals surface area contributed by atoms with Gasteiger partial charge in [-0.1, -0.05) is 42.2 Å². The van der Waals surface area contributed by atoms with Gasteiger partial charge >= 0.3 is 0 Å². The zero-order valence-corrected chi connectivity index (χ0v) is 19.8. The van der Waals surface area contributed by atoms with Gasteiger partial charge in [-0.05, 0) is 37.6 Å². The van der Waals surface area contributed by atoms with E-state index in [0.29, 0.717) is 29.2 Å². The maximum absolute atomic E-state index is 13.1. The Morgan fingerprint density at radius 3 is 2.79 bits per heavy atom. The molecule has 174 valence electrons. The van der Waals surface area contributed by atoms with Crippen LogP contribution in [0.15, 0.2) is 48.5 Å². The normalized spacial score (nSPS) is 15.5. The number of hydrogen-bond donors (Lipinski definition) is 2. The average Bonchev–Trinajstić information content (AvgIpc) is 3.24. The second-order valence-corrected chi connectivity index (χ2v) is 9.35. The van der Waals surface area contributed by atoms with Crippen LogP contribution in [0.3, 0.4) is 0 Å². The predicted molar refractivity (Wildman–Crippen MR) is 129 cm³/mol. The number of aromatic amines is 1. The Morgan fingerprint density at radius 1 is 1.29 bits per heavy atom. The van der Waals surface area contributed by atoms with Gasteiger partial charge in [0.1, 0.15) is 24.2 Å². The summed E-state index contributed by atoms with van der Waals surface area (Å²) in [5.74, 6) is 6.11. The molecule has 0 bridgehead atoms. The van der Waals surface area contributed by atoms with E-state index in [1.807, 2.05) is 30.3 Å². The Kier molecular flexibility index (Phi) is 6.57. The molecule has 0 spiro atoms. The van der Waals surface area contributed by atoms with Gasteiger partial charge < -0.3 is 15.0 Å². The van der Waals surface area contributed by atoms with E-state index in [2.05, 4.69) is 32.3 Å². The minimum Gasteiger partial charge on any atom is -0.489 e. The van der Waals surface area contributed by atoms with Crippen molar-refractivity contribution >= 4 is 29.1 Å². The van der Waals surface area contributed by atoms with E-state index < -0.39 is 16.8 Å². The molecule has 0 saturated heterocycles. The Balaban J connectivity index is 1.46. The van der Waals surface area contributed by atoms with Gasteiger partial charge in [0.25, 0.3) is 11.8 Å². The van der Waals surface area contributed by atoms with E-state index in [0.717, 1.165) is 5.56 Å². The van der Waals surface area contributed by atoms with Crippen molar-refractivity contribution in [3.8, 4) is 17.6 Å². The molecule has 0 aliphatic carbocycles. The van der Waals surface area contributed by atoms with Gasteiger partial charge in [-0.15, -0.1) is 16.7 Å². The van der Waals surface area contributed by atoms with Crippen LogP contribution in [0.2, 0.25) is 0 Å². The van der Waals surface area contributed by atoms with Crippen LogP contribution in [0.4, 0.5) is 5.69 Å². The second-order valence-electron chi connectivity index (χ2n) is 8.41. The number of amides is 2. The number of benzene rings is 2. The van der Waals surface area contributed by atoms with Crippen molar-refractivity contribution in [1.82, 2.24) is 20.5 Å². The van der Waals surface area contributed by atoms with Gasteiger partial charge in [-0.3, -0.25) is 14.7 Å². The summed E-state index contributed by atoms with van der Waals surface area (Å²) in [6.45, 7) is 3.58. The molecule has 8 nitrogen and oxygen atoms in total. The molecule has 0 fully saturated rings. The monoisotopic (exact) mass is 477 g/mol. The molecule has 1 aliphatic heterocycles. The number of nitrogens with one attached hydrogen (secondary N) is 2. The van der Waals surface area contributed by atoms with E-state index >= 15 is 0 Å². The number of ether oxygens (including phenoxy) is 1.